The van der Waals surface area contributed by atoms with Crippen molar-refractivity contribution in [1.82, 2.24) is 5.32 Å². The summed E-state index contributed by atoms with van der Waals surface area (Å²) >= 11 is 0. The topological polar surface area (TPSA) is 102 Å². The van der Waals surface area contributed by atoms with Crippen LogP contribution in [-0.4, -0.2) is 56.2 Å². The minimum atomic E-state index is -3.70. The summed E-state index contributed by atoms with van der Waals surface area (Å²) in [5.74, 6) is -0.292. The van der Waals surface area contributed by atoms with Crippen LogP contribution in [0.1, 0.15) is 29.2 Å². The molecule has 1 saturated heterocycles. The first-order chi connectivity index (χ1) is 23.4. The second kappa shape index (κ2) is 18.2. The lowest BCUT2D eigenvalue weighted by atomic mass is 9.96. The molecule has 0 spiro atoms. The third-order valence-electron chi connectivity index (χ3n) is 8.07. The Bertz CT molecular complexity index is 1560. The van der Waals surface area contributed by atoms with Crippen LogP contribution in [0.5, 0.6) is 0 Å². The largest absolute Gasteiger partial charge is 0.374 e. The molecule has 0 saturated carbocycles. The zero-order valence-corrected chi connectivity index (χ0v) is 28.3. The lowest BCUT2D eigenvalue weighted by Gasteiger charge is -2.45. The average Bonchev–Trinajstić information content (AvgIpc) is 3.12. The number of benzene rings is 4. The van der Waals surface area contributed by atoms with Crippen LogP contribution in [0.15, 0.2) is 121 Å². The smallest absolute Gasteiger partial charge is 0.333 e. The highest BCUT2D eigenvalue weighted by Crippen LogP contribution is 2.54. The Labute approximate surface area is 283 Å². The Morgan fingerprint density at radius 3 is 1.73 bits per heavy atom. The molecule has 1 aliphatic heterocycles. The third-order valence-corrected chi connectivity index (χ3v) is 10.00. The zero-order chi connectivity index (χ0) is 33.6. The summed E-state index contributed by atoms with van der Waals surface area (Å²) in [6.45, 7) is 2.61. The van der Waals surface area contributed by atoms with Gasteiger partial charge in [-0.3, -0.25) is 9.36 Å². The van der Waals surface area contributed by atoms with Crippen molar-refractivity contribution in [2.45, 2.75) is 63.8 Å². The molecule has 0 bridgehead atoms. The molecular formula is C38H44NO8P. The first kappa shape index (κ1) is 35.6. The molecule has 1 aliphatic rings. The molecule has 9 nitrogen and oxygen atoms in total. The van der Waals surface area contributed by atoms with Crippen LogP contribution in [0.4, 0.5) is 0 Å². The number of rotatable bonds is 17. The molecule has 0 unspecified atom stereocenters. The van der Waals surface area contributed by atoms with Gasteiger partial charge in [-0.25, -0.2) is 0 Å². The minimum absolute atomic E-state index is 0.0523. The van der Waals surface area contributed by atoms with Crippen molar-refractivity contribution in [3.05, 3.63) is 144 Å². The quantitative estimate of drug-likeness (QED) is 0.124. The maximum absolute atomic E-state index is 14.1. The van der Waals surface area contributed by atoms with E-state index in [1.807, 2.05) is 121 Å². The summed E-state index contributed by atoms with van der Waals surface area (Å²) < 4.78 is 51.8. The summed E-state index contributed by atoms with van der Waals surface area (Å²) in [6.07, 6.45) is -3.34. The molecule has 5 rings (SSSR count). The molecule has 0 radical (unpaired) electrons. The van der Waals surface area contributed by atoms with Crippen molar-refractivity contribution in [3.63, 3.8) is 0 Å². The predicted octanol–water partition coefficient (Wildman–Crippen LogP) is 6.70. The maximum atomic E-state index is 14.1. The van der Waals surface area contributed by atoms with Gasteiger partial charge in [0.15, 0.2) is 0 Å². The van der Waals surface area contributed by atoms with Crippen molar-refractivity contribution < 1.29 is 37.4 Å². The molecule has 4 aromatic rings. The van der Waals surface area contributed by atoms with E-state index < -0.39 is 38.1 Å². The number of ether oxygens (including phenoxy) is 4. The first-order valence-electron chi connectivity index (χ1n) is 16.1. The fourth-order valence-electron chi connectivity index (χ4n) is 5.63. The highest BCUT2D eigenvalue weighted by Gasteiger charge is 2.51. The molecule has 6 atom stereocenters. The number of amides is 1. The van der Waals surface area contributed by atoms with Gasteiger partial charge in [0.25, 0.3) is 0 Å². The van der Waals surface area contributed by atoms with E-state index in [1.165, 1.54) is 14.0 Å². The number of carbonyl (C=O) groups excluding carboxylic acids is 1. The number of hydrogen-bond donors (Lipinski definition) is 1. The van der Waals surface area contributed by atoms with E-state index in [0.29, 0.717) is 6.61 Å². The molecule has 48 heavy (non-hydrogen) atoms. The Morgan fingerprint density at radius 2 is 1.23 bits per heavy atom. The van der Waals surface area contributed by atoms with Gasteiger partial charge in [0.2, 0.25) is 5.91 Å². The fraction of sp³-hybridized carbons (Fsp3) is 0.342. The van der Waals surface area contributed by atoms with E-state index in [9.17, 15) is 9.36 Å². The van der Waals surface area contributed by atoms with Gasteiger partial charge in [0, 0.05) is 14.0 Å². The van der Waals surface area contributed by atoms with Gasteiger partial charge in [-0.05, 0) is 22.3 Å². The average molecular weight is 674 g/mol. The van der Waals surface area contributed by atoms with Gasteiger partial charge in [0.1, 0.15) is 18.3 Å². The molecule has 0 aromatic heterocycles. The SMILES string of the molecule is CO[P@@]1(=O)C[C@H](OCc2ccccc2)[C@@H](NC(C)=O)[C@H]([C@@H](OCc2ccccc2)[C@H](COCc2ccccc2)OCc2ccccc2)O1. The van der Waals surface area contributed by atoms with Gasteiger partial charge in [-0.2, -0.15) is 0 Å². The van der Waals surface area contributed by atoms with Crippen LogP contribution in [0.25, 0.3) is 0 Å². The summed E-state index contributed by atoms with van der Waals surface area (Å²) in [5, 5.41) is 3.03. The van der Waals surface area contributed by atoms with E-state index in [2.05, 4.69) is 5.32 Å². The molecule has 10 heteroatoms. The van der Waals surface area contributed by atoms with Crippen LogP contribution in [-0.2, 0) is 63.8 Å². The lowest BCUT2D eigenvalue weighted by Crippen LogP contribution is -2.62. The monoisotopic (exact) mass is 673 g/mol. The van der Waals surface area contributed by atoms with Gasteiger partial charge in [-0.15, -0.1) is 0 Å². The van der Waals surface area contributed by atoms with Gasteiger partial charge < -0.3 is 33.3 Å². The Morgan fingerprint density at radius 1 is 0.750 bits per heavy atom. The van der Waals surface area contributed by atoms with Crippen LogP contribution in [0, 0.1) is 0 Å². The highest BCUT2D eigenvalue weighted by molar-refractivity contribution is 7.54. The summed E-state index contributed by atoms with van der Waals surface area (Å²) in [4.78, 5) is 12.7. The predicted molar refractivity (Wildman–Crippen MR) is 183 cm³/mol. The van der Waals surface area contributed by atoms with Crippen LogP contribution in [0.3, 0.4) is 0 Å². The Hall–Kier alpha value is -3.66. The number of nitrogens with one attached hydrogen (secondary N) is 1. The molecule has 254 valence electrons. The number of carbonyl (C=O) groups is 1. The van der Waals surface area contributed by atoms with Crippen molar-refractivity contribution in [3.8, 4) is 0 Å². The molecule has 0 aliphatic carbocycles. The maximum Gasteiger partial charge on any atom is 0.333 e. The van der Waals surface area contributed by atoms with Gasteiger partial charge in [-0.1, -0.05) is 121 Å². The van der Waals surface area contributed by atoms with E-state index in [-0.39, 0.29) is 38.5 Å². The second-order valence-corrected chi connectivity index (χ2v) is 13.9. The van der Waals surface area contributed by atoms with Crippen molar-refractivity contribution in [2.75, 3.05) is 19.9 Å². The van der Waals surface area contributed by atoms with Crippen LogP contribution >= 0.6 is 7.60 Å². The lowest BCUT2D eigenvalue weighted by molar-refractivity contribution is -0.168. The molecular weight excluding hydrogens is 629 g/mol. The van der Waals surface area contributed by atoms with E-state index in [0.717, 1.165) is 22.3 Å². The van der Waals surface area contributed by atoms with Crippen molar-refractivity contribution in [2.24, 2.45) is 0 Å². The van der Waals surface area contributed by atoms with E-state index in [1.54, 1.807) is 0 Å². The summed E-state index contributed by atoms with van der Waals surface area (Å²) in [6, 6.07) is 38.3. The van der Waals surface area contributed by atoms with Crippen LogP contribution < -0.4 is 5.32 Å². The van der Waals surface area contributed by atoms with Gasteiger partial charge in [0.05, 0.1) is 51.3 Å². The molecule has 4 aromatic carbocycles. The first-order valence-corrected chi connectivity index (χ1v) is 17.8. The molecule has 1 N–H and O–H groups in total. The third kappa shape index (κ3) is 10.7. The van der Waals surface area contributed by atoms with E-state index >= 15 is 0 Å². The molecule has 1 heterocycles. The number of hydrogen-bond acceptors (Lipinski definition) is 8. The minimum Gasteiger partial charge on any atom is -0.374 e. The normalized spacial score (nSPS) is 22.1. The summed E-state index contributed by atoms with van der Waals surface area (Å²) in [5.41, 5.74) is 3.82. The Balaban J connectivity index is 1.49. The summed E-state index contributed by atoms with van der Waals surface area (Å²) in [7, 11) is -2.34. The zero-order valence-electron chi connectivity index (χ0n) is 27.4. The molecule has 1 fully saturated rings. The Kier molecular flexibility index (Phi) is 13.5. The van der Waals surface area contributed by atoms with Crippen LogP contribution in [0.2, 0.25) is 0 Å². The van der Waals surface area contributed by atoms with Crippen molar-refractivity contribution >= 4 is 13.5 Å². The fourth-order valence-corrected chi connectivity index (χ4v) is 7.34. The molecule has 1 amide bonds. The van der Waals surface area contributed by atoms with Crippen molar-refractivity contribution in [1.29, 1.82) is 0 Å². The highest BCUT2D eigenvalue weighted by atomic mass is 31.2. The second-order valence-electron chi connectivity index (χ2n) is 11.7. The van der Waals surface area contributed by atoms with E-state index in [4.69, 9.17) is 28.0 Å². The van der Waals surface area contributed by atoms with Gasteiger partial charge >= 0.3 is 7.60 Å². The standard InChI is InChI=1S/C38H44NO8P/c1-29(40)39-36-35(45-25-32-19-11-5-12-20-32)28-48(41,42-2)47-38(36)37(46-26-33-21-13-6-14-22-33)34(44-24-31-17-9-4-10-18-31)27-43-23-30-15-7-3-8-16-30/h3-22,34-38H,23-28H2,1-2H3,(H,39,40)/t34-,35-,36+,37-,38+,48-/m0/s1.